The van der Waals surface area contributed by atoms with Crippen LogP contribution in [-0.4, -0.2) is 19.3 Å². The highest BCUT2D eigenvalue weighted by atomic mass is 79.9. The number of fused-ring (bicyclic) bond motifs is 1. The number of hydrogen-bond acceptors (Lipinski definition) is 4. The van der Waals surface area contributed by atoms with Crippen LogP contribution >= 0.6 is 39.0 Å². The second kappa shape index (κ2) is 4.77. The maximum absolute atomic E-state index is 11.4. The third-order valence-corrected chi connectivity index (χ3v) is 5.18. The highest BCUT2D eigenvalue weighted by Crippen LogP contribution is 2.37. The van der Waals surface area contributed by atoms with E-state index in [0.717, 1.165) is 14.6 Å². The maximum atomic E-state index is 11.4. The van der Waals surface area contributed by atoms with E-state index in [4.69, 9.17) is 4.74 Å². The number of rotatable bonds is 2. The number of thioether (sulfide) groups is 1. The molecule has 0 N–H and O–H groups in total. The van der Waals surface area contributed by atoms with Gasteiger partial charge in [0.15, 0.2) is 0 Å². The first-order chi connectivity index (χ1) is 7.67. The number of methoxy groups -OCH3 is 1. The number of carbonyl (C=O) groups is 1. The van der Waals surface area contributed by atoms with Crippen molar-refractivity contribution in [2.45, 2.75) is 4.90 Å². The fourth-order valence-electron chi connectivity index (χ4n) is 1.42. The average molecular weight is 317 g/mol. The van der Waals surface area contributed by atoms with Gasteiger partial charge in [0, 0.05) is 19.5 Å². The van der Waals surface area contributed by atoms with Crippen LogP contribution in [0, 0.1) is 0 Å². The molecule has 0 aliphatic carbocycles. The fourth-order valence-corrected chi connectivity index (χ4v) is 3.97. The standard InChI is InChI=1S/C11H9BrO2S2/c1-14-11(13)9-5-6-7(16-9)3-4-8(15-2)10(6)12/h3-5H,1-2H3. The largest absolute Gasteiger partial charge is 0.465 e. The van der Waals surface area contributed by atoms with Gasteiger partial charge in [0.25, 0.3) is 0 Å². The summed E-state index contributed by atoms with van der Waals surface area (Å²) in [4.78, 5) is 13.2. The molecule has 1 heterocycles. The first kappa shape index (κ1) is 12.0. The lowest BCUT2D eigenvalue weighted by molar-refractivity contribution is 0.0606. The van der Waals surface area contributed by atoms with Crippen molar-refractivity contribution in [2.24, 2.45) is 0 Å². The van der Waals surface area contributed by atoms with Gasteiger partial charge in [0.1, 0.15) is 4.88 Å². The van der Waals surface area contributed by atoms with Crippen molar-refractivity contribution in [3.8, 4) is 0 Å². The lowest BCUT2D eigenvalue weighted by Crippen LogP contribution is -1.96. The third kappa shape index (κ3) is 1.99. The molecule has 2 aromatic rings. The summed E-state index contributed by atoms with van der Waals surface area (Å²) in [5.74, 6) is -0.279. The van der Waals surface area contributed by atoms with Crippen molar-refractivity contribution in [2.75, 3.05) is 13.4 Å². The molecule has 5 heteroatoms. The maximum Gasteiger partial charge on any atom is 0.348 e. The Hall–Kier alpha value is -0.520. The minimum atomic E-state index is -0.279. The molecule has 0 fully saturated rings. The molecule has 16 heavy (non-hydrogen) atoms. The Kier molecular flexibility index (Phi) is 3.56. The van der Waals surface area contributed by atoms with Gasteiger partial charge in [-0.15, -0.1) is 23.1 Å². The average Bonchev–Trinajstić information content (AvgIpc) is 2.73. The zero-order valence-corrected chi connectivity index (χ0v) is 12.0. The molecule has 0 bridgehead atoms. The van der Waals surface area contributed by atoms with E-state index in [9.17, 15) is 4.79 Å². The predicted molar refractivity (Wildman–Crippen MR) is 72.6 cm³/mol. The molecule has 0 spiro atoms. The van der Waals surface area contributed by atoms with E-state index < -0.39 is 0 Å². The molecule has 2 nitrogen and oxygen atoms in total. The first-order valence-corrected chi connectivity index (χ1v) is 7.35. The number of hydrogen-bond donors (Lipinski definition) is 0. The van der Waals surface area contributed by atoms with Crippen molar-refractivity contribution in [3.63, 3.8) is 0 Å². The van der Waals surface area contributed by atoms with Crippen molar-refractivity contribution in [1.82, 2.24) is 0 Å². The molecule has 0 saturated heterocycles. The topological polar surface area (TPSA) is 26.3 Å². The number of halogens is 1. The van der Waals surface area contributed by atoms with Crippen molar-refractivity contribution in [1.29, 1.82) is 0 Å². The Balaban J connectivity index is 2.62. The van der Waals surface area contributed by atoms with Crippen LogP contribution < -0.4 is 0 Å². The van der Waals surface area contributed by atoms with Gasteiger partial charge in [0.05, 0.1) is 7.11 Å². The van der Waals surface area contributed by atoms with Gasteiger partial charge in [-0.25, -0.2) is 4.79 Å². The third-order valence-electron chi connectivity index (χ3n) is 2.21. The summed E-state index contributed by atoms with van der Waals surface area (Å²) in [6, 6.07) is 5.95. The highest BCUT2D eigenvalue weighted by molar-refractivity contribution is 9.10. The number of ether oxygens (including phenoxy) is 1. The van der Waals surface area contributed by atoms with E-state index in [1.165, 1.54) is 23.3 Å². The number of esters is 1. The number of carbonyl (C=O) groups excluding carboxylic acids is 1. The fraction of sp³-hybridized carbons (Fsp3) is 0.182. The monoisotopic (exact) mass is 316 g/mol. The summed E-state index contributed by atoms with van der Waals surface area (Å²) in [5, 5.41) is 1.07. The molecule has 2 rings (SSSR count). The van der Waals surface area contributed by atoms with Crippen molar-refractivity contribution < 1.29 is 9.53 Å². The second-order valence-corrected chi connectivity index (χ2v) is 5.82. The Labute approximate surface area is 110 Å². The molecular weight excluding hydrogens is 308 g/mol. The molecule has 0 aliphatic rings. The molecule has 0 radical (unpaired) electrons. The van der Waals surface area contributed by atoms with E-state index in [1.807, 2.05) is 18.4 Å². The quantitative estimate of drug-likeness (QED) is 0.614. The summed E-state index contributed by atoms with van der Waals surface area (Å²) < 4.78 is 6.85. The Morgan fingerprint density at radius 3 is 2.88 bits per heavy atom. The molecule has 1 aromatic carbocycles. The van der Waals surface area contributed by atoms with Gasteiger partial charge in [-0.05, 0) is 40.4 Å². The van der Waals surface area contributed by atoms with Crippen LogP contribution in [0.1, 0.15) is 9.67 Å². The van der Waals surface area contributed by atoms with E-state index >= 15 is 0 Å². The van der Waals surface area contributed by atoms with Crippen LogP contribution in [-0.2, 0) is 4.74 Å². The van der Waals surface area contributed by atoms with E-state index in [-0.39, 0.29) is 5.97 Å². The van der Waals surface area contributed by atoms with E-state index in [0.29, 0.717) is 4.88 Å². The van der Waals surface area contributed by atoms with Gasteiger partial charge in [0.2, 0.25) is 0 Å². The Morgan fingerprint density at radius 2 is 2.25 bits per heavy atom. The molecule has 0 aliphatic heterocycles. The molecule has 0 unspecified atom stereocenters. The van der Waals surface area contributed by atoms with Gasteiger partial charge in [-0.2, -0.15) is 0 Å². The van der Waals surface area contributed by atoms with Gasteiger partial charge >= 0.3 is 5.97 Å². The first-order valence-electron chi connectivity index (χ1n) is 4.51. The predicted octanol–water partition coefficient (Wildman–Crippen LogP) is 4.17. The lowest BCUT2D eigenvalue weighted by Gasteiger charge is -2.00. The Bertz CT molecular complexity index is 548. The molecule has 84 valence electrons. The molecule has 0 saturated carbocycles. The SMILES string of the molecule is COC(=O)c1cc2c(Br)c(SC)ccc2s1. The number of thiophene rings is 1. The Morgan fingerprint density at radius 1 is 1.50 bits per heavy atom. The van der Waals surface area contributed by atoms with Crippen LogP contribution in [0.25, 0.3) is 10.1 Å². The zero-order chi connectivity index (χ0) is 11.7. The van der Waals surface area contributed by atoms with Crippen LogP contribution in [0.15, 0.2) is 27.6 Å². The molecule has 1 aromatic heterocycles. The zero-order valence-electron chi connectivity index (χ0n) is 8.74. The van der Waals surface area contributed by atoms with Gasteiger partial charge in [-0.3, -0.25) is 0 Å². The normalized spacial score (nSPS) is 10.7. The smallest absolute Gasteiger partial charge is 0.348 e. The molecule has 0 amide bonds. The molecule has 0 atom stereocenters. The molecular formula is C11H9BrO2S2. The van der Waals surface area contributed by atoms with Crippen LogP contribution in [0.4, 0.5) is 0 Å². The summed E-state index contributed by atoms with van der Waals surface area (Å²) in [6.45, 7) is 0. The van der Waals surface area contributed by atoms with E-state index in [2.05, 4.69) is 22.0 Å². The highest BCUT2D eigenvalue weighted by Gasteiger charge is 2.13. The van der Waals surface area contributed by atoms with E-state index in [1.54, 1.807) is 11.8 Å². The minimum absolute atomic E-state index is 0.279. The van der Waals surface area contributed by atoms with Crippen LogP contribution in [0.2, 0.25) is 0 Å². The van der Waals surface area contributed by atoms with Crippen LogP contribution in [0.5, 0.6) is 0 Å². The summed E-state index contributed by atoms with van der Waals surface area (Å²) in [5.41, 5.74) is 0. The van der Waals surface area contributed by atoms with Gasteiger partial charge < -0.3 is 4.74 Å². The van der Waals surface area contributed by atoms with Crippen LogP contribution in [0.3, 0.4) is 0 Å². The second-order valence-electron chi connectivity index (χ2n) is 3.10. The summed E-state index contributed by atoms with van der Waals surface area (Å²) in [6.07, 6.45) is 2.03. The van der Waals surface area contributed by atoms with Crippen molar-refractivity contribution >= 4 is 55.1 Å². The number of benzene rings is 1. The van der Waals surface area contributed by atoms with Crippen molar-refractivity contribution in [3.05, 3.63) is 27.5 Å². The lowest BCUT2D eigenvalue weighted by atomic mass is 10.2. The summed E-state index contributed by atoms with van der Waals surface area (Å²) in [7, 11) is 1.40. The summed E-state index contributed by atoms with van der Waals surface area (Å²) >= 11 is 6.68. The van der Waals surface area contributed by atoms with Gasteiger partial charge in [-0.1, -0.05) is 0 Å². The minimum Gasteiger partial charge on any atom is -0.465 e.